The number of ether oxygens (including phenoxy) is 3. The summed E-state index contributed by atoms with van der Waals surface area (Å²) in [6, 6.07) is 11.6. The number of rotatable bonds is 14. The quantitative estimate of drug-likeness (QED) is 0.361. The first-order chi connectivity index (χ1) is 18.1. The first kappa shape index (κ1) is 29.1. The van der Waals surface area contributed by atoms with Crippen LogP contribution in [0.2, 0.25) is 0 Å². The molecule has 1 aliphatic rings. The summed E-state index contributed by atoms with van der Waals surface area (Å²) in [4.78, 5) is 27.8. The van der Waals surface area contributed by atoms with Crippen LogP contribution in [0.25, 0.3) is 0 Å². The summed E-state index contributed by atoms with van der Waals surface area (Å²) >= 11 is 0. The van der Waals surface area contributed by atoms with Gasteiger partial charge in [-0.3, -0.25) is 13.9 Å². The molecular weight excluding hydrogens is 510 g/mol. The molecule has 0 unspecified atom stereocenters. The van der Waals surface area contributed by atoms with E-state index in [9.17, 15) is 18.0 Å². The third-order valence-electron chi connectivity index (χ3n) is 6.28. The van der Waals surface area contributed by atoms with Crippen LogP contribution in [-0.4, -0.2) is 64.4 Å². The first-order valence-electron chi connectivity index (χ1n) is 12.7. The Hall–Kier alpha value is -3.47. The largest absolute Gasteiger partial charge is 0.497 e. The average molecular weight is 548 g/mol. The van der Waals surface area contributed by atoms with E-state index >= 15 is 0 Å². The molecule has 2 amide bonds. The van der Waals surface area contributed by atoms with Crippen molar-refractivity contribution in [2.75, 3.05) is 37.6 Å². The molecule has 0 aliphatic carbocycles. The van der Waals surface area contributed by atoms with Crippen LogP contribution in [0.15, 0.2) is 42.5 Å². The van der Waals surface area contributed by atoms with Crippen molar-refractivity contribution in [2.24, 2.45) is 0 Å². The maximum Gasteiger partial charge on any atom is 0.242 e. The predicted molar refractivity (Wildman–Crippen MR) is 145 cm³/mol. The fraction of sp³-hybridized carbons (Fsp3) is 0.481. The zero-order chi connectivity index (χ0) is 27.7. The van der Waals surface area contributed by atoms with Crippen LogP contribution in [0.3, 0.4) is 0 Å². The SMILES string of the molecule is CCCCNC(=O)[C@@H](C)N(Cc1cccc(OC)c1)C(=O)CCCN(c1ccc2c(c1)OCO2)S(C)(=O)=O. The Morgan fingerprint density at radius 1 is 1.11 bits per heavy atom. The van der Waals surface area contributed by atoms with Gasteiger partial charge >= 0.3 is 0 Å². The lowest BCUT2D eigenvalue weighted by Crippen LogP contribution is -2.48. The molecule has 1 aliphatic heterocycles. The molecule has 0 radical (unpaired) electrons. The summed E-state index contributed by atoms with van der Waals surface area (Å²) in [6.45, 7) is 4.68. The zero-order valence-electron chi connectivity index (χ0n) is 22.4. The lowest BCUT2D eigenvalue weighted by molar-refractivity contribution is -0.140. The smallest absolute Gasteiger partial charge is 0.242 e. The van der Waals surface area contributed by atoms with Gasteiger partial charge < -0.3 is 24.4 Å². The lowest BCUT2D eigenvalue weighted by atomic mass is 10.1. The van der Waals surface area contributed by atoms with Gasteiger partial charge in [0, 0.05) is 32.1 Å². The van der Waals surface area contributed by atoms with Gasteiger partial charge in [0.25, 0.3) is 0 Å². The van der Waals surface area contributed by atoms with E-state index in [4.69, 9.17) is 14.2 Å². The fourth-order valence-corrected chi connectivity index (χ4v) is 5.09. The van der Waals surface area contributed by atoms with Crippen molar-refractivity contribution in [3.05, 3.63) is 48.0 Å². The van der Waals surface area contributed by atoms with Crippen LogP contribution in [0, 0.1) is 0 Å². The number of anilines is 1. The summed E-state index contributed by atoms with van der Waals surface area (Å²) in [5.41, 5.74) is 1.25. The molecule has 10 nitrogen and oxygen atoms in total. The van der Waals surface area contributed by atoms with Gasteiger partial charge in [-0.1, -0.05) is 25.5 Å². The highest BCUT2D eigenvalue weighted by Crippen LogP contribution is 2.36. The van der Waals surface area contributed by atoms with Crippen molar-refractivity contribution < 1.29 is 32.2 Å². The number of hydrogen-bond donors (Lipinski definition) is 1. The van der Waals surface area contributed by atoms with E-state index in [-0.39, 0.29) is 44.5 Å². The minimum Gasteiger partial charge on any atom is -0.497 e. The lowest BCUT2D eigenvalue weighted by Gasteiger charge is -2.29. The van der Waals surface area contributed by atoms with E-state index in [1.54, 1.807) is 32.2 Å². The van der Waals surface area contributed by atoms with Crippen LogP contribution >= 0.6 is 0 Å². The summed E-state index contributed by atoms with van der Waals surface area (Å²) in [6.07, 6.45) is 3.24. The maximum atomic E-state index is 13.4. The van der Waals surface area contributed by atoms with Crippen LogP contribution in [0.1, 0.15) is 45.1 Å². The highest BCUT2D eigenvalue weighted by atomic mass is 32.2. The number of nitrogens with zero attached hydrogens (tertiary/aromatic N) is 2. The molecule has 0 fully saturated rings. The van der Waals surface area contributed by atoms with Crippen molar-refractivity contribution in [3.8, 4) is 17.2 Å². The van der Waals surface area contributed by atoms with Gasteiger partial charge in [0.05, 0.1) is 19.1 Å². The summed E-state index contributed by atoms with van der Waals surface area (Å²) in [5.74, 6) is 1.21. The first-order valence-corrected chi connectivity index (χ1v) is 14.6. The van der Waals surface area contributed by atoms with Gasteiger partial charge in [0.1, 0.15) is 11.8 Å². The maximum absolute atomic E-state index is 13.4. The van der Waals surface area contributed by atoms with Gasteiger partial charge in [-0.05, 0) is 49.6 Å². The number of sulfonamides is 1. The molecule has 1 heterocycles. The number of methoxy groups -OCH3 is 1. The van der Waals surface area contributed by atoms with Crippen LogP contribution < -0.4 is 23.8 Å². The summed E-state index contributed by atoms with van der Waals surface area (Å²) in [5, 5.41) is 2.90. The van der Waals surface area contributed by atoms with E-state index in [1.165, 1.54) is 9.21 Å². The molecule has 0 bridgehead atoms. The number of hydrogen-bond acceptors (Lipinski definition) is 7. The minimum absolute atomic E-state index is 0.0626. The Morgan fingerprint density at radius 3 is 2.58 bits per heavy atom. The Bertz CT molecular complexity index is 1220. The van der Waals surface area contributed by atoms with Gasteiger partial charge in [0.15, 0.2) is 11.5 Å². The average Bonchev–Trinajstić information content (AvgIpc) is 3.36. The Kier molecular flexibility index (Phi) is 10.2. The van der Waals surface area contributed by atoms with Gasteiger partial charge in [0.2, 0.25) is 28.6 Å². The van der Waals surface area contributed by atoms with Gasteiger partial charge in [-0.25, -0.2) is 8.42 Å². The van der Waals surface area contributed by atoms with E-state index < -0.39 is 16.1 Å². The summed E-state index contributed by atoms with van der Waals surface area (Å²) in [7, 11) is -2.05. The molecule has 2 aromatic carbocycles. The van der Waals surface area contributed by atoms with E-state index in [0.717, 1.165) is 24.7 Å². The van der Waals surface area contributed by atoms with Crippen LogP contribution in [0.5, 0.6) is 17.2 Å². The second-order valence-corrected chi connectivity index (χ2v) is 11.1. The second kappa shape index (κ2) is 13.4. The number of nitrogens with one attached hydrogen (secondary N) is 1. The standard InChI is InChI=1S/C27H37N3O7S/c1-5-6-14-28-27(32)20(2)29(18-21-9-7-10-23(16-21)35-3)26(31)11-8-15-30(38(4,33)34)22-12-13-24-25(17-22)37-19-36-24/h7,9-10,12-13,16-17,20H,5-6,8,11,14-15,18-19H2,1-4H3,(H,28,32)/t20-/m1/s1. The van der Waals surface area contributed by atoms with Crippen molar-refractivity contribution >= 4 is 27.5 Å². The number of benzene rings is 2. The van der Waals surface area contributed by atoms with Crippen molar-refractivity contribution in [1.82, 2.24) is 10.2 Å². The molecule has 208 valence electrons. The molecule has 1 atom stereocenters. The number of carbonyl (C=O) groups is 2. The van der Waals surface area contributed by atoms with Crippen LogP contribution in [0.4, 0.5) is 5.69 Å². The van der Waals surface area contributed by atoms with Gasteiger partial charge in [-0.2, -0.15) is 0 Å². The molecular formula is C27H37N3O7S. The predicted octanol–water partition coefficient (Wildman–Crippen LogP) is 3.30. The highest BCUT2D eigenvalue weighted by molar-refractivity contribution is 7.92. The molecule has 11 heteroatoms. The molecule has 0 saturated heterocycles. The minimum atomic E-state index is -3.62. The number of amides is 2. The van der Waals surface area contributed by atoms with Crippen LogP contribution in [-0.2, 0) is 26.2 Å². The highest BCUT2D eigenvalue weighted by Gasteiger charge is 2.27. The Morgan fingerprint density at radius 2 is 1.87 bits per heavy atom. The van der Waals surface area contributed by atoms with E-state index in [0.29, 0.717) is 29.5 Å². The second-order valence-electron chi connectivity index (χ2n) is 9.17. The third-order valence-corrected chi connectivity index (χ3v) is 7.47. The molecule has 0 spiro atoms. The Balaban J connectivity index is 1.72. The molecule has 1 N–H and O–H groups in total. The van der Waals surface area contributed by atoms with Crippen molar-refractivity contribution in [1.29, 1.82) is 0 Å². The molecule has 3 rings (SSSR count). The third kappa shape index (κ3) is 7.77. The molecule has 2 aromatic rings. The summed E-state index contributed by atoms with van der Waals surface area (Å²) < 4.78 is 42.4. The van der Waals surface area contributed by atoms with Gasteiger partial charge in [-0.15, -0.1) is 0 Å². The number of carbonyl (C=O) groups excluding carboxylic acids is 2. The normalized spacial score (nSPS) is 13.1. The molecule has 38 heavy (non-hydrogen) atoms. The Labute approximate surface area is 224 Å². The monoisotopic (exact) mass is 547 g/mol. The zero-order valence-corrected chi connectivity index (χ0v) is 23.3. The van der Waals surface area contributed by atoms with E-state index in [2.05, 4.69) is 5.32 Å². The molecule has 0 saturated carbocycles. The number of unbranched alkanes of at least 4 members (excludes halogenated alkanes) is 1. The van der Waals surface area contributed by atoms with E-state index in [1.807, 2.05) is 31.2 Å². The van der Waals surface area contributed by atoms with Crippen molar-refractivity contribution in [2.45, 2.75) is 52.1 Å². The number of fused-ring (bicyclic) bond motifs is 1. The van der Waals surface area contributed by atoms with Crippen molar-refractivity contribution in [3.63, 3.8) is 0 Å². The fourth-order valence-electron chi connectivity index (χ4n) is 4.13. The topological polar surface area (TPSA) is 114 Å². The molecule has 0 aromatic heterocycles.